The third kappa shape index (κ3) is 4.38. The zero-order valence-corrected chi connectivity index (χ0v) is 18.1. The maximum atomic E-state index is 12.8. The maximum Gasteiger partial charge on any atom is 0.279 e. The van der Waals surface area contributed by atoms with Gasteiger partial charge in [0.25, 0.3) is 11.8 Å². The third-order valence-corrected chi connectivity index (χ3v) is 7.15. The molecule has 2 N–H and O–H groups in total. The molecular weight excluding hydrogens is 382 g/mol. The summed E-state index contributed by atoms with van der Waals surface area (Å²) in [5, 5.41) is 5.23. The van der Waals surface area contributed by atoms with E-state index in [2.05, 4.69) is 16.8 Å². The SMILES string of the molecule is CCN(CC)C(=O)c1cccc(NC(=O)C[NH+]2CCc3sccc3[C@@H]2C2CC2)c1. The van der Waals surface area contributed by atoms with Gasteiger partial charge < -0.3 is 15.1 Å². The van der Waals surface area contributed by atoms with Gasteiger partial charge in [0, 0.05) is 47.1 Å². The molecule has 2 aliphatic rings. The van der Waals surface area contributed by atoms with E-state index in [0.29, 0.717) is 36.9 Å². The van der Waals surface area contributed by atoms with Crippen molar-refractivity contribution in [1.82, 2.24) is 4.90 Å². The van der Waals surface area contributed by atoms with Gasteiger partial charge in [-0.05, 0) is 56.3 Å². The van der Waals surface area contributed by atoms with Crippen LogP contribution in [0.2, 0.25) is 0 Å². The Morgan fingerprint density at radius 1 is 1.21 bits per heavy atom. The molecule has 154 valence electrons. The number of hydrogen-bond acceptors (Lipinski definition) is 3. The Kier molecular flexibility index (Phi) is 6.01. The Hall–Kier alpha value is -2.18. The van der Waals surface area contributed by atoms with Crippen LogP contribution in [0.1, 0.15) is 53.5 Å². The van der Waals surface area contributed by atoms with Crippen LogP contribution in [0.4, 0.5) is 5.69 Å². The lowest BCUT2D eigenvalue weighted by molar-refractivity contribution is -0.928. The van der Waals surface area contributed by atoms with Crippen molar-refractivity contribution in [2.24, 2.45) is 5.92 Å². The lowest BCUT2D eigenvalue weighted by atomic mass is 9.96. The van der Waals surface area contributed by atoms with Gasteiger partial charge in [-0.3, -0.25) is 9.59 Å². The number of amides is 2. The van der Waals surface area contributed by atoms with Gasteiger partial charge in [-0.25, -0.2) is 0 Å². The van der Waals surface area contributed by atoms with E-state index in [0.717, 1.165) is 18.9 Å². The average Bonchev–Trinajstić information content (AvgIpc) is 3.44. The molecule has 2 atom stereocenters. The van der Waals surface area contributed by atoms with E-state index < -0.39 is 0 Å². The van der Waals surface area contributed by atoms with E-state index in [1.165, 1.54) is 28.2 Å². The number of benzene rings is 1. The molecule has 2 amide bonds. The van der Waals surface area contributed by atoms with E-state index in [4.69, 9.17) is 0 Å². The lowest BCUT2D eigenvalue weighted by Gasteiger charge is -2.32. The number of thiophene rings is 1. The molecule has 1 aliphatic carbocycles. The number of nitrogens with zero attached hydrogens (tertiary/aromatic N) is 1. The minimum atomic E-state index is 0.00605. The molecule has 5 nitrogen and oxygen atoms in total. The predicted octanol–water partition coefficient (Wildman–Crippen LogP) is 2.76. The summed E-state index contributed by atoms with van der Waals surface area (Å²) in [5.74, 6) is 0.754. The molecule has 29 heavy (non-hydrogen) atoms. The Balaban J connectivity index is 1.42. The standard InChI is InChI=1S/C23H29N3O2S/c1-3-25(4-2)23(28)17-6-5-7-18(14-17)24-21(27)15-26-12-10-20-19(11-13-29-20)22(26)16-8-9-16/h5-7,11,13-14,16,22H,3-4,8-10,12,15H2,1-2H3,(H,24,27)/p+1/t22-/m0/s1. The molecule has 1 aromatic heterocycles. The van der Waals surface area contributed by atoms with Crippen molar-refractivity contribution in [3.8, 4) is 0 Å². The van der Waals surface area contributed by atoms with Crippen molar-refractivity contribution in [3.63, 3.8) is 0 Å². The Morgan fingerprint density at radius 3 is 2.72 bits per heavy atom. The summed E-state index contributed by atoms with van der Waals surface area (Å²) in [7, 11) is 0. The first kappa shape index (κ1) is 20.1. The predicted molar refractivity (Wildman–Crippen MR) is 117 cm³/mol. The molecular formula is C23H30N3O2S+. The van der Waals surface area contributed by atoms with Crippen LogP contribution in [0, 0.1) is 5.92 Å². The molecule has 6 heteroatoms. The number of fused-ring (bicyclic) bond motifs is 1. The summed E-state index contributed by atoms with van der Waals surface area (Å²) in [6, 6.07) is 10.0. The Morgan fingerprint density at radius 2 is 2.00 bits per heavy atom. The molecule has 0 spiro atoms. The van der Waals surface area contributed by atoms with E-state index in [-0.39, 0.29) is 11.8 Å². The van der Waals surface area contributed by atoms with E-state index in [1.54, 1.807) is 11.0 Å². The number of quaternary nitrogens is 1. The lowest BCUT2D eigenvalue weighted by Crippen LogP contribution is -3.14. The van der Waals surface area contributed by atoms with Gasteiger partial charge in [0.2, 0.25) is 0 Å². The van der Waals surface area contributed by atoms with Crippen LogP contribution in [-0.4, -0.2) is 42.9 Å². The van der Waals surface area contributed by atoms with Crippen LogP contribution >= 0.6 is 11.3 Å². The summed E-state index contributed by atoms with van der Waals surface area (Å²) in [5.41, 5.74) is 2.79. The quantitative estimate of drug-likeness (QED) is 0.735. The average molecular weight is 413 g/mol. The van der Waals surface area contributed by atoms with Crippen LogP contribution in [0.5, 0.6) is 0 Å². The molecule has 0 radical (unpaired) electrons. The van der Waals surface area contributed by atoms with Gasteiger partial charge >= 0.3 is 0 Å². The van der Waals surface area contributed by atoms with Gasteiger partial charge in [-0.1, -0.05) is 6.07 Å². The third-order valence-electron chi connectivity index (χ3n) is 6.15. The number of nitrogens with one attached hydrogen (secondary N) is 2. The van der Waals surface area contributed by atoms with Gasteiger partial charge in [0.15, 0.2) is 6.54 Å². The molecule has 1 fully saturated rings. The highest BCUT2D eigenvalue weighted by Crippen LogP contribution is 2.42. The van der Waals surface area contributed by atoms with Crippen molar-refractivity contribution in [1.29, 1.82) is 0 Å². The van der Waals surface area contributed by atoms with Crippen LogP contribution in [0.15, 0.2) is 35.7 Å². The molecule has 2 heterocycles. The molecule has 4 rings (SSSR count). The first-order valence-electron chi connectivity index (χ1n) is 10.7. The van der Waals surface area contributed by atoms with Gasteiger partial charge in [-0.15, -0.1) is 11.3 Å². The summed E-state index contributed by atoms with van der Waals surface area (Å²) in [6.07, 6.45) is 3.62. The highest BCUT2D eigenvalue weighted by atomic mass is 32.1. The van der Waals surface area contributed by atoms with Gasteiger partial charge in [-0.2, -0.15) is 0 Å². The fourth-order valence-electron chi connectivity index (χ4n) is 4.53. The molecule has 1 saturated carbocycles. The van der Waals surface area contributed by atoms with Gasteiger partial charge in [0.05, 0.1) is 6.54 Å². The van der Waals surface area contributed by atoms with Crippen molar-refractivity contribution in [2.75, 3.05) is 31.5 Å². The molecule has 1 aliphatic heterocycles. The van der Waals surface area contributed by atoms with Gasteiger partial charge in [0.1, 0.15) is 6.04 Å². The zero-order valence-electron chi connectivity index (χ0n) is 17.2. The van der Waals surface area contributed by atoms with E-state index in [9.17, 15) is 9.59 Å². The van der Waals surface area contributed by atoms with Crippen molar-refractivity contribution < 1.29 is 14.5 Å². The maximum absolute atomic E-state index is 12.8. The highest BCUT2D eigenvalue weighted by molar-refractivity contribution is 7.10. The molecule has 0 saturated heterocycles. The Bertz CT molecular complexity index is 886. The van der Waals surface area contributed by atoms with Crippen molar-refractivity contribution in [3.05, 3.63) is 51.7 Å². The number of carbonyl (C=O) groups is 2. The number of rotatable bonds is 7. The monoisotopic (exact) mass is 412 g/mol. The molecule has 2 aromatic rings. The topological polar surface area (TPSA) is 53.9 Å². The second-order valence-electron chi connectivity index (χ2n) is 8.06. The molecule has 0 bridgehead atoms. The largest absolute Gasteiger partial charge is 0.339 e. The number of hydrogen-bond donors (Lipinski definition) is 2. The first-order chi connectivity index (χ1) is 14.1. The van der Waals surface area contributed by atoms with Crippen LogP contribution in [0.25, 0.3) is 0 Å². The molecule has 1 aromatic carbocycles. The van der Waals surface area contributed by atoms with Crippen molar-refractivity contribution >= 4 is 28.8 Å². The second-order valence-corrected chi connectivity index (χ2v) is 9.06. The minimum Gasteiger partial charge on any atom is -0.339 e. The van der Waals surface area contributed by atoms with E-state index >= 15 is 0 Å². The van der Waals surface area contributed by atoms with E-state index in [1.807, 2.05) is 43.4 Å². The fraction of sp³-hybridized carbons (Fsp3) is 0.478. The highest BCUT2D eigenvalue weighted by Gasteiger charge is 2.43. The minimum absolute atomic E-state index is 0.00605. The summed E-state index contributed by atoms with van der Waals surface area (Å²) in [4.78, 5) is 30.1. The second kappa shape index (κ2) is 8.67. The zero-order chi connectivity index (χ0) is 20.4. The summed E-state index contributed by atoms with van der Waals surface area (Å²) < 4.78 is 0. The normalized spacial score (nSPS) is 20.8. The molecule has 1 unspecified atom stereocenters. The van der Waals surface area contributed by atoms with Crippen LogP contribution in [-0.2, 0) is 11.2 Å². The smallest absolute Gasteiger partial charge is 0.279 e. The Labute approximate surface area is 176 Å². The fourth-order valence-corrected chi connectivity index (χ4v) is 5.46. The van der Waals surface area contributed by atoms with Crippen molar-refractivity contribution in [2.45, 2.75) is 39.2 Å². The summed E-state index contributed by atoms with van der Waals surface area (Å²) >= 11 is 1.86. The number of anilines is 1. The summed E-state index contributed by atoms with van der Waals surface area (Å²) in [6.45, 7) is 6.80. The van der Waals surface area contributed by atoms with Crippen LogP contribution in [0.3, 0.4) is 0 Å². The van der Waals surface area contributed by atoms with Crippen LogP contribution < -0.4 is 10.2 Å². The number of carbonyl (C=O) groups excluding carboxylic acids is 2. The first-order valence-corrected chi connectivity index (χ1v) is 11.6.